The van der Waals surface area contributed by atoms with E-state index in [1.165, 1.54) is 0 Å². The number of ether oxygens (including phenoxy) is 1. The van der Waals surface area contributed by atoms with Gasteiger partial charge in [-0.3, -0.25) is 0 Å². The lowest BCUT2D eigenvalue weighted by Crippen LogP contribution is -2.00. The molecule has 0 aliphatic heterocycles. The Morgan fingerprint density at radius 3 is 2.33 bits per heavy atom. The minimum Gasteiger partial charge on any atom is -0.491 e. The van der Waals surface area contributed by atoms with Gasteiger partial charge in [0.1, 0.15) is 0 Å². The van der Waals surface area contributed by atoms with Crippen molar-refractivity contribution in [2.45, 2.75) is 0 Å². The van der Waals surface area contributed by atoms with Crippen LogP contribution in [0.25, 0.3) is 0 Å². The Labute approximate surface area is 66.7 Å². The van der Waals surface area contributed by atoms with E-state index in [4.69, 9.17) is 5.73 Å². The van der Waals surface area contributed by atoms with Crippen LogP contribution in [0.15, 0.2) is 6.07 Å². The standard InChI is InChI=1S/C7H6F3NO/c1-12-7-3(8)2-4(11)5(9)6(7)10/h2H,11H2,1H3. The van der Waals surface area contributed by atoms with Crippen molar-refractivity contribution in [1.82, 2.24) is 0 Å². The summed E-state index contributed by atoms with van der Waals surface area (Å²) < 4.78 is 42.3. The Bertz CT molecular complexity index is 314. The molecule has 0 spiro atoms. The number of halogens is 3. The Morgan fingerprint density at radius 2 is 1.83 bits per heavy atom. The zero-order valence-corrected chi connectivity index (χ0v) is 6.20. The van der Waals surface area contributed by atoms with Crippen molar-refractivity contribution in [3.63, 3.8) is 0 Å². The molecule has 0 heterocycles. The third kappa shape index (κ3) is 1.17. The van der Waals surface area contributed by atoms with Gasteiger partial charge in [0.2, 0.25) is 5.82 Å². The van der Waals surface area contributed by atoms with Crippen LogP contribution >= 0.6 is 0 Å². The number of methoxy groups -OCH3 is 1. The highest BCUT2D eigenvalue weighted by atomic mass is 19.2. The third-order valence-electron chi connectivity index (χ3n) is 1.35. The van der Waals surface area contributed by atoms with Gasteiger partial charge in [-0.25, -0.2) is 8.78 Å². The first-order chi connectivity index (χ1) is 5.57. The quantitative estimate of drug-likeness (QED) is 0.523. The second-order valence-electron chi connectivity index (χ2n) is 2.11. The molecule has 12 heavy (non-hydrogen) atoms. The molecule has 1 aromatic rings. The lowest BCUT2D eigenvalue weighted by atomic mass is 10.2. The van der Waals surface area contributed by atoms with Crippen LogP contribution in [0.3, 0.4) is 0 Å². The smallest absolute Gasteiger partial charge is 0.205 e. The van der Waals surface area contributed by atoms with Gasteiger partial charge in [-0.05, 0) is 0 Å². The Balaban J connectivity index is 3.40. The van der Waals surface area contributed by atoms with Gasteiger partial charge >= 0.3 is 0 Å². The van der Waals surface area contributed by atoms with E-state index in [9.17, 15) is 13.2 Å². The van der Waals surface area contributed by atoms with Gasteiger partial charge in [-0.15, -0.1) is 0 Å². The predicted octanol–water partition coefficient (Wildman–Crippen LogP) is 1.69. The normalized spacial score (nSPS) is 10.0. The van der Waals surface area contributed by atoms with Crippen molar-refractivity contribution in [2.75, 3.05) is 12.8 Å². The number of nitrogen functional groups attached to an aromatic ring is 1. The average Bonchev–Trinajstić information content (AvgIpc) is 2.01. The Morgan fingerprint density at radius 1 is 1.25 bits per heavy atom. The third-order valence-corrected chi connectivity index (χ3v) is 1.35. The molecule has 1 aromatic carbocycles. The summed E-state index contributed by atoms with van der Waals surface area (Å²) in [6, 6.07) is 0.664. The van der Waals surface area contributed by atoms with E-state index in [1.54, 1.807) is 0 Å². The predicted molar refractivity (Wildman–Crippen MR) is 37.3 cm³/mol. The summed E-state index contributed by atoms with van der Waals surface area (Å²) in [5.41, 5.74) is 4.36. The summed E-state index contributed by atoms with van der Waals surface area (Å²) in [6.45, 7) is 0. The molecular weight excluding hydrogens is 171 g/mol. The Hall–Kier alpha value is -1.39. The highest BCUT2D eigenvalue weighted by molar-refractivity contribution is 5.45. The van der Waals surface area contributed by atoms with Gasteiger partial charge in [-0.1, -0.05) is 0 Å². The summed E-state index contributed by atoms with van der Waals surface area (Å²) >= 11 is 0. The van der Waals surface area contributed by atoms with Crippen LogP contribution in [0.2, 0.25) is 0 Å². The zero-order chi connectivity index (χ0) is 9.30. The Kier molecular flexibility index (Phi) is 2.12. The van der Waals surface area contributed by atoms with E-state index in [-0.39, 0.29) is 0 Å². The molecule has 0 fully saturated rings. The van der Waals surface area contributed by atoms with Crippen LogP contribution in [0.1, 0.15) is 0 Å². The number of anilines is 1. The average molecular weight is 177 g/mol. The molecule has 66 valence electrons. The molecule has 2 N–H and O–H groups in total. The minimum atomic E-state index is -1.41. The van der Waals surface area contributed by atoms with E-state index in [1.807, 2.05) is 0 Å². The monoisotopic (exact) mass is 177 g/mol. The number of rotatable bonds is 1. The molecule has 2 nitrogen and oxygen atoms in total. The van der Waals surface area contributed by atoms with Gasteiger partial charge in [0.25, 0.3) is 0 Å². The second-order valence-corrected chi connectivity index (χ2v) is 2.11. The molecule has 0 saturated carbocycles. The molecule has 0 unspecified atom stereocenters. The molecule has 0 saturated heterocycles. The summed E-state index contributed by atoms with van der Waals surface area (Å²) in [7, 11) is 1.04. The largest absolute Gasteiger partial charge is 0.491 e. The van der Waals surface area contributed by atoms with E-state index in [0.29, 0.717) is 6.07 Å². The SMILES string of the molecule is COc1c(F)cc(N)c(F)c1F. The van der Waals surface area contributed by atoms with Crippen molar-refractivity contribution in [3.8, 4) is 5.75 Å². The fourth-order valence-electron chi connectivity index (χ4n) is 0.784. The van der Waals surface area contributed by atoms with Gasteiger partial charge in [0.05, 0.1) is 12.8 Å². The zero-order valence-electron chi connectivity index (χ0n) is 6.20. The summed E-state index contributed by atoms with van der Waals surface area (Å²) in [6.07, 6.45) is 0. The van der Waals surface area contributed by atoms with Crippen LogP contribution in [0.4, 0.5) is 18.9 Å². The maximum atomic E-state index is 12.7. The van der Waals surface area contributed by atoms with Crippen LogP contribution in [-0.2, 0) is 0 Å². The summed E-state index contributed by atoms with van der Waals surface area (Å²) in [4.78, 5) is 0. The van der Waals surface area contributed by atoms with E-state index in [0.717, 1.165) is 7.11 Å². The maximum absolute atomic E-state index is 12.7. The van der Waals surface area contributed by atoms with Crippen LogP contribution in [-0.4, -0.2) is 7.11 Å². The van der Waals surface area contributed by atoms with Gasteiger partial charge < -0.3 is 10.5 Å². The molecule has 0 radical (unpaired) electrons. The highest BCUT2D eigenvalue weighted by Crippen LogP contribution is 2.27. The number of benzene rings is 1. The van der Waals surface area contributed by atoms with Gasteiger partial charge in [0.15, 0.2) is 17.4 Å². The van der Waals surface area contributed by atoms with E-state index >= 15 is 0 Å². The first-order valence-electron chi connectivity index (χ1n) is 3.05. The fourth-order valence-corrected chi connectivity index (χ4v) is 0.784. The molecule has 0 aliphatic carbocycles. The summed E-state index contributed by atoms with van der Waals surface area (Å²) in [5.74, 6) is -4.49. The molecular formula is C7H6F3NO. The second kappa shape index (κ2) is 2.92. The van der Waals surface area contributed by atoms with Gasteiger partial charge in [0, 0.05) is 6.07 Å². The molecule has 0 amide bonds. The number of nitrogens with two attached hydrogens (primary N) is 1. The van der Waals surface area contributed by atoms with Gasteiger partial charge in [-0.2, -0.15) is 4.39 Å². The first kappa shape index (κ1) is 8.70. The molecule has 0 bridgehead atoms. The van der Waals surface area contributed by atoms with Crippen molar-refractivity contribution < 1.29 is 17.9 Å². The molecule has 0 aromatic heterocycles. The number of hydrogen-bond donors (Lipinski definition) is 1. The minimum absolute atomic E-state index is 0.578. The van der Waals surface area contributed by atoms with E-state index in [2.05, 4.69) is 4.74 Å². The van der Waals surface area contributed by atoms with Crippen molar-refractivity contribution in [1.29, 1.82) is 0 Å². The van der Waals surface area contributed by atoms with Crippen molar-refractivity contribution in [3.05, 3.63) is 23.5 Å². The number of hydrogen-bond acceptors (Lipinski definition) is 2. The lowest BCUT2D eigenvalue weighted by Gasteiger charge is -2.05. The van der Waals surface area contributed by atoms with Crippen LogP contribution in [0.5, 0.6) is 5.75 Å². The summed E-state index contributed by atoms with van der Waals surface area (Å²) in [5, 5.41) is 0. The van der Waals surface area contributed by atoms with Crippen molar-refractivity contribution >= 4 is 5.69 Å². The molecule has 5 heteroatoms. The molecule has 1 rings (SSSR count). The fraction of sp³-hybridized carbons (Fsp3) is 0.143. The van der Waals surface area contributed by atoms with Crippen LogP contribution < -0.4 is 10.5 Å². The molecule has 0 atom stereocenters. The van der Waals surface area contributed by atoms with Crippen LogP contribution in [0, 0.1) is 17.5 Å². The van der Waals surface area contributed by atoms with E-state index < -0.39 is 28.9 Å². The van der Waals surface area contributed by atoms with Crippen molar-refractivity contribution in [2.24, 2.45) is 0 Å². The lowest BCUT2D eigenvalue weighted by molar-refractivity contribution is 0.347. The highest BCUT2D eigenvalue weighted by Gasteiger charge is 2.17. The first-order valence-corrected chi connectivity index (χ1v) is 3.05. The maximum Gasteiger partial charge on any atom is 0.205 e. The topological polar surface area (TPSA) is 35.2 Å². The molecule has 0 aliphatic rings.